The molecule has 3 fully saturated rings. The molecule has 0 heterocycles. The van der Waals surface area contributed by atoms with Gasteiger partial charge >= 0.3 is 6.03 Å². The molecule has 1 atom stereocenters. The third-order valence-corrected chi connectivity index (χ3v) is 6.10. The molecule has 0 aromatic carbocycles. The Hall–Kier alpha value is -0.730. The standard InChI is InChI=1S/C17H30N2O/c1-2-4-13-5-7-15(8-6-13)19-16(20)18-12-14-11-17(14)9-3-10-17/h13-15H,2-12H2,1H3,(H2,18,19,20). The van der Waals surface area contributed by atoms with Crippen molar-refractivity contribution in [3.63, 3.8) is 0 Å². The lowest BCUT2D eigenvalue weighted by molar-refractivity contribution is 0.221. The lowest BCUT2D eigenvalue weighted by Gasteiger charge is -2.29. The minimum atomic E-state index is 0.0744. The van der Waals surface area contributed by atoms with Crippen molar-refractivity contribution in [2.75, 3.05) is 6.54 Å². The summed E-state index contributed by atoms with van der Waals surface area (Å²) in [5, 5.41) is 6.28. The van der Waals surface area contributed by atoms with E-state index in [0.29, 0.717) is 11.5 Å². The molecule has 2 N–H and O–H groups in total. The molecule has 0 radical (unpaired) electrons. The number of amides is 2. The number of rotatable bonds is 5. The summed E-state index contributed by atoms with van der Waals surface area (Å²) < 4.78 is 0. The second-order valence-corrected chi connectivity index (χ2v) is 7.48. The number of hydrogen-bond acceptors (Lipinski definition) is 1. The molecule has 20 heavy (non-hydrogen) atoms. The highest BCUT2D eigenvalue weighted by atomic mass is 16.2. The van der Waals surface area contributed by atoms with E-state index in [1.807, 2.05) is 0 Å². The van der Waals surface area contributed by atoms with E-state index in [9.17, 15) is 4.79 Å². The Balaban J connectivity index is 1.29. The van der Waals surface area contributed by atoms with Gasteiger partial charge in [0.05, 0.1) is 0 Å². The van der Waals surface area contributed by atoms with Crippen LogP contribution in [0.25, 0.3) is 0 Å². The van der Waals surface area contributed by atoms with Crippen molar-refractivity contribution >= 4 is 6.03 Å². The van der Waals surface area contributed by atoms with Crippen molar-refractivity contribution in [1.82, 2.24) is 10.6 Å². The molecule has 1 spiro atoms. The SMILES string of the molecule is CCCC1CCC(NC(=O)NCC2CC23CCC3)CC1. The summed E-state index contributed by atoms with van der Waals surface area (Å²) in [6.45, 7) is 3.17. The zero-order valence-electron chi connectivity index (χ0n) is 12.9. The van der Waals surface area contributed by atoms with Gasteiger partial charge in [-0.3, -0.25) is 0 Å². The number of urea groups is 1. The Morgan fingerprint density at radius 3 is 2.50 bits per heavy atom. The van der Waals surface area contributed by atoms with Crippen LogP contribution in [-0.4, -0.2) is 18.6 Å². The second-order valence-electron chi connectivity index (χ2n) is 7.48. The van der Waals surface area contributed by atoms with E-state index in [1.54, 1.807) is 0 Å². The number of nitrogens with one attached hydrogen (secondary N) is 2. The summed E-state index contributed by atoms with van der Waals surface area (Å²) in [7, 11) is 0. The van der Waals surface area contributed by atoms with E-state index >= 15 is 0 Å². The van der Waals surface area contributed by atoms with Gasteiger partial charge in [0.1, 0.15) is 0 Å². The van der Waals surface area contributed by atoms with E-state index in [1.165, 1.54) is 64.2 Å². The average molecular weight is 278 g/mol. The van der Waals surface area contributed by atoms with Crippen LogP contribution in [0.15, 0.2) is 0 Å². The Morgan fingerprint density at radius 2 is 1.95 bits per heavy atom. The maximum atomic E-state index is 11.9. The van der Waals surface area contributed by atoms with E-state index in [-0.39, 0.29) is 6.03 Å². The van der Waals surface area contributed by atoms with Gasteiger partial charge in [-0.15, -0.1) is 0 Å². The Labute approximate surface area is 123 Å². The first kappa shape index (κ1) is 14.2. The van der Waals surface area contributed by atoms with E-state index in [2.05, 4.69) is 17.6 Å². The first-order valence-corrected chi connectivity index (χ1v) is 8.76. The van der Waals surface area contributed by atoms with E-state index < -0.39 is 0 Å². The van der Waals surface area contributed by atoms with E-state index in [0.717, 1.165) is 18.4 Å². The second kappa shape index (κ2) is 5.95. The molecule has 0 bridgehead atoms. The predicted octanol–water partition coefficient (Wildman–Crippen LogP) is 3.83. The fourth-order valence-corrected chi connectivity index (χ4v) is 4.42. The Kier molecular flexibility index (Phi) is 4.23. The molecule has 3 heteroatoms. The van der Waals surface area contributed by atoms with Crippen LogP contribution in [0.4, 0.5) is 4.79 Å². The average Bonchev–Trinajstić information content (AvgIpc) is 3.14. The van der Waals surface area contributed by atoms with Crippen LogP contribution in [-0.2, 0) is 0 Å². The largest absolute Gasteiger partial charge is 0.338 e. The lowest BCUT2D eigenvalue weighted by atomic mass is 9.80. The van der Waals surface area contributed by atoms with Gasteiger partial charge in [0.2, 0.25) is 0 Å². The van der Waals surface area contributed by atoms with Crippen molar-refractivity contribution in [1.29, 1.82) is 0 Å². The molecule has 0 aromatic rings. The van der Waals surface area contributed by atoms with Gasteiger partial charge in [-0.25, -0.2) is 4.79 Å². The Bertz CT molecular complexity index is 343. The van der Waals surface area contributed by atoms with Gasteiger partial charge in [-0.05, 0) is 62.2 Å². The quantitative estimate of drug-likeness (QED) is 0.788. The lowest BCUT2D eigenvalue weighted by Crippen LogP contribution is -2.44. The van der Waals surface area contributed by atoms with Gasteiger partial charge in [0, 0.05) is 12.6 Å². The first-order valence-electron chi connectivity index (χ1n) is 8.76. The van der Waals surface area contributed by atoms with Crippen molar-refractivity contribution in [2.45, 2.75) is 77.2 Å². The maximum absolute atomic E-state index is 11.9. The summed E-state index contributed by atoms with van der Waals surface area (Å²) >= 11 is 0. The van der Waals surface area contributed by atoms with Crippen LogP contribution in [0, 0.1) is 17.3 Å². The normalized spacial score (nSPS) is 34.4. The van der Waals surface area contributed by atoms with Crippen LogP contribution in [0.1, 0.15) is 71.1 Å². The highest BCUT2D eigenvalue weighted by Gasteiger charge is 2.56. The minimum Gasteiger partial charge on any atom is -0.338 e. The zero-order valence-corrected chi connectivity index (χ0v) is 12.9. The number of carbonyl (C=O) groups is 1. The fraction of sp³-hybridized carbons (Fsp3) is 0.941. The van der Waals surface area contributed by atoms with Crippen LogP contribution < -0.4 is 10.6 Å². The smallest absolute Gasteiger partial charge is 0.315 e. The molecular weight excluding hydrogens is 248 g/mol. The van der Waals surface area contributed by atoms with Crippen LogP contribution >= 0.6 is 0 Å². The minimum absolute atomic E-state index is 0.0744. The summed E-state index contributed by atoms with van der Waals surface area (Å²) in [6, 6.07) is 0.491. The highest BCUT2D eigenvalue weighted by Crippen LogP contribution is 2.65. The Morgan fingerprint density at radius 1 is 1.20 bits per heavy atom. The van der Waals surface area contributed by atoms with E-state index in [4.69, 9.17) is 0 Å². The van der Waals surface area contributed by atoms with Gasteiger partial charge in [-0.2, -0.15) is 0 Å². The molecule has 3 nitrogen and oxygen atoms in total. The van der Waals surface area contributed by atoms with Crippen LogP contribution in [0.3, 0.4) is 0 Å². The third kappa shape index (κ3) is 3.12. The molecule has 0 aliphatic heterocycles. The zero-order chi connectivity index (χ0) is 14.0. The topological polar surface area (TPSA) is 41.1 Å². The number of carbonyl (C=O) groups excluding carboxylic acids is 1. The van der Waals surface area contributed by atoms with Gasteiger partial charge in [0.25, 0.3) is 0 Å². The predicted molar refractivity (Wildman–Crippen MR) is 81.6 cm³/mol. The van der Waals surface area contributed by atoms with Gasteiger partial charge in [0.15, 0.2) is 0 Å². The summed E-state index contributed by atoms with van der Waals surface area (Å²) in [5.41, 5.74) is 0.672. The fourth-order valence-electron chi connectivity index (χ4n) is 4.42. The molecule has 2 amide bonds. The summed E-state index contributed by atoms with van der Waals surface area (Å²) in [5.74, 6) is 1.69. The molecule has 0 saturated heterocycles. The maximum Gasteiger partial charge on any atom is 0.315 e. The van der Waals surface area contributed by atoms with Crippen LogP contribution in [0.2, 0.25) is 0 Å². The molecule has 3 aliphatic carbocycles. The summed E-state index contributed by atoms with van der Waals surface area (Å²) in [6.07, 6.45) is 13.2. The monoisotopic (exact) mass is 278 g/mol. The third-order valence-electron chi connectivity index (χ3n) is 6.10. The molecule has 0 aromatic heterocycles. The van der Waals surface area contributed by atoms with Crippen molar-refractivity contribution in [3.8, 4) is 0 Å². The summed E-state index contributed by atoms with van der Waals surface area (Å²) in [4.78, 5) is 11.9. The van der Waals surface area contributed by atoms with Crippen LogP contribution in [0.5, 0.6) is 0 Å². The molecule has 3 rings (SSSR count). The van der Waals surface area contributed by atoms with Crippen molar-refractivity contribution < 1.29 is 4.79 Å². The number of hydrogen-bond donors (Lipinski definition) is 2. The molecule has 114 valence electrons. The van der Waals surface area contributed by atoms with Crippen molar-refractivity contribution in [3.05, 3.63) is 0 Å². The molecule has 1 unspecified atom stereocenters. The highest BCUT2D eigenvalue weighted by molar-refractivity contribution is 5.74. The van der Waals surface area contributed by atoms with Gasteiger partial charge in [-0.1, -0.05) is 26.2 Å². The molecule has 3 saturated carbocycles. The van der Waals surface area contributed by atoms with Crippen molar-refractivity contribution in [2.24, 2.45) is 17.3 Å². The van der Waals surface area contributed by atoms with Gasteiger partial charge < -0.3 is 10.6 Å². The molecule has 3 aliphatic rings. The first-order chi connectivity index (χ1) is 9.72. The molecular formula is C17H30N2O.